The van der Waals surface area contributed by atoms with E-state index in [-0.39, 0.29) is 0 Å². The van der Waals surface area contributed by atoms with Crippen LogP contribution in [0.5, 0.6) is 5.75 Å². The summed E-state index contributed by atoms with van der Waals surface area (Å²) in [5, 5.41) is 11.2. The number of carboxylic acids is 1. The molecule has 0 spiro atoms. The quantitative estimate of drug-likeness (QED) is 0.821. The summed E-state index contributed by atoms with van der Waals surface area (Å²) in [5.41, 5.74) is 0. The Morgan fingerprint density at radius 2 is 2.00 bits per heavy atom. The highest BCUT2D eigenvalue weighted by atomic mass is 16.6. The van der Waals surface area contributed by atoms with Crippen LogP contribution in [0.2, 0.25) is 0 Å². The largest absolute Gasteiger partial charge is 0.480 e. The third kappa shape index (κ3) is 4.55. The van der Waals surface area contributed by atoms with Crippen molar-refractivity contribution in [3.05, 3.63) is 30.3 Å². The fourth-order valence-corrected chi connectivity index (χ4v) is 1.31. The minimum atomic E-state index is -1.06. The summed E-state index contributed by atoms with van der Waals surface area (Å²) in [6, 6.07) is 7.58. The zero-order valence-corrected chi connectivity index (χ0v) is 9.55. The van der Waals surface area contributed by atoms with Crippen LogP contribution in [0.15, 0.2) is 30.3 Å². The molecule has 1 aromatic rings. The zero-order valence-electron chi connectivity index (χ0n) is 9.55. The highest BCUT2D eigenvalue weighted by molar-refractivity contribution is 5.80. The number of carbonyl (C=O) groups excluding carboxylic acids is 1. The van der Waals surface area contributed by atoms with E-state index in [4.69, 9.17) is 9.84 Å². The van der Waals surface area contributed by atoms with Gasteiger partial charge in [0.2, 0.25) is 0 Å². The summed E-state index contributed by atoms with van der Waals surface area (Å²) in [5.74, 6) is -0.678. The maximum atomic E-state index is 11.4. The Morgan fingerprint density at radius 1 is 1.35 bits per heavy atom. The Bertz CT molecular complexity index is 377. The molecule has 92 valence electrons. The third-order valence-corrected chi connectivity index (χ3v) is 2.12. The Hall–Kier alpha value is -2.04. The molecule has 0 unspecified atom stereocenters. The molecule has 17 heavy (non-hydrogen) atoms. The van der Waals surface area contributed by atoms with Crippen LogP contribution in [0.1, 0.15) is 19.8 Å². The van der Waals surface area contributed by atoms with Crippen LogP contribution >= 0.6 is 0 Å². The first kappa shape index (κ1) is 13.0. The van der Waals surface area contributed by atoms with Crippen molar-refractivity contribution in [2.75, 3.05) is 0 Å². The van der Waals surface area contributed by atoms with Crippen LogP contribution in [0.25, 0.3) is 0 Å². The number of amides is 1. The lowest BCUT2D eigenvalue weighted by Gasteiger charge is -2.13. The number of aliphatic carboxylic acids is 1. The maximum Gasteiger partial charge on any atom is 0.413 e. The predicted molar refractivity (Wildman–Crippen MR) is 61.9 cm³/mol. The lowest BCUT2D eigenvalue weighted by Crippen LogP contribution is -2.42. The van der Waals surface area contributed by atoms with E-state index in [1.165, 1.54) is 0 Å². The standard InChI is InChI=1S/C12H15NO4/c1-2-6-10(11(14)15)13-12(16)17-9-7-4-3-5-8-9/h3-5,7-8,10H,2,6H2,1H3,(H,13,16)(H,14,15)/t10-/m0/s1. The van der Waals surface area contributed by atoms with Crippen LogP contribution in [-0.2, 0) is 4.79 Å². The van der Waals surface area contributed by atoms with Crippen LogP contribution < -0.4 is 10.1 Å². The fourth-order valence-electron chi connectivity index (χ4n) is 1.31. The van der Waals surface area contributed by atoms with Crippen LogP contribution in [-0.4, -0.2) is 23.2 Å². The summed E-state index contributed by atoms with van der Waals surface area (Å²) in [7, 11) is 0. The second-order valence-electron chi connectivity index (χ2n) is 3.53. The molecule has 0 saturated carbocycles. The van der Waals surface area contributed by atoms with Crippen molar-refractivity contribution in [1.29, 1.82) is 0 Å². The zero-order chi connectivity index (χ0) is 12.7. The first-order valence-electron chi connectivity index (χ1n) is 5.39. The average molecular weight is 237 g/mol. The normalized spacial score (nSPS) is 11.6. The molecule has 0 aliphatic heterocycles. The summed E-state index contributed by atoms with van der Waals surface area (Å²) in [6.07, 6.45) is 0.291. The van der Waals surface area contributed by atoms with E-state index in [0.717, 1.165) is 0 Å². The number of hydrogen-bond donors (Lipinski definition) is 2. The molecule has 5 heteroatoms. The van der Waals surface area contributed by atoms with Crippen molar-refractivity contribution in [3.63, 3.8) is 0 Å². The van der Waals surface area contributed by atoms with E-state index in [9.17, 15) is 9.59 Å². The molecular weight excluding hydrogens is 222 g/mol. The molecule has 0 saturated heterocycles. The van der Waals surface area contributed by atoms with Gasteiger partial charge in [-0.05, 0) is 18.6 Å². The fraction of sp³-hybridized carbons (Fsp3) is 0.333. The Kier molecular flexibility index (Phi) is 5.00. The highest BCUT2D eigenvalue weighted by Crippen LogP contribution is 2.08. The summed E-state index contributed by atoms with van der Waals surface area (Å²) >= 11 is 0. The summed E-state index contributed by atoms with van der Waals surface area (Å²) < 4.78 is 4.93. The van der Waals surface area contributed by atoms with Crippen molar-refractivity contribution in [2.24, 2.45) is 0 Å². The number of carboxylic acid groups (broad SMARTS) is 1. The minimum Gasteiger partial charge on any atom is -0.480 e. The minimum absolute atomic E-state index is 0.374. The van der Waals surface area contributed by atoms with Crippen LogP contribution in [0, 0.1) is 0 Å². The van der Waals surface area contributed by atoms with Gasteiger partial charge in [0.15, 0.2) is 0 Å². The van der Waals surface area contributed by atoms with Gasteiger partial charge in [-0.1, -0.05) is 31.5 Å². The number of para-hydroxylation sites is 1. The molecule has 1 amide bonds. The van der Waals surface area contributed by atoms with E-state index in [0.29, 0.717) is 18.6 Å². The SMILES string of the molecule is CCC[C@H](NC(=O)Oc1ccccc1)C(=O)O. The molecule has 0 radical (unpaired) electrons. The maximum absolute atomic E-state index is 11.4. The number of carbonyl (C=O) groups is 2. The van der Waals surface area contributed by atoms with E-state index in [2.05, 4.69) is 5.32 Å². The Labute approximate surface area is 99.4 Å². The van der Waals surface area contributed by atoms with Crippen LogP contribution in [0.4, 0.5) is 4.79 Å². The molecule has 0 aromatic heterocycles. The van der Waals surface area contributed by atoms with E-state index >= 15 is 0 Å². The second-order valence-corrected chi connectivity index (χ2v) is 3.53. The first-order valence-corrected chi connectivity index (χ1v) is 5.39. The lowest BCUT2D eigenvalue weighted by atomic mass is 10.2. The van der Waals surface area contributed by atoms with Gasteiger partial charge in [0.25, 0.3) is 0 Å². The van der Waals surface area contributed by atoms with Gasteiger partial charge in [0.05, 0.1) is 0 Å². The van der Waals surface area contributed by atoms with Gasteiger partial charge in [-0.25, -0.2) is 9.59 Å². The summed E-state index contributed by atoms with van der Waals surface area (Å²) in [4.78, 5) is 22.2. The summed E-state index contributed by atoms with van der Waals surface area (Å²) in [6.45, 7) is 1.85. The lowest BCUT2D eigenvalue weighted by molar-refractivity contribution is -0.139. The molecular formula is C12H15NO4. The number of benzene rings is 1. The van der Waals surface area contributed by atoms with E-state index in [1.54, 1.807) is 30.3 Å². The van der Waals surface area contributed by atoms with Crippen molar-refractivity contribution in [3.8, 4) is 5.75 Å². The highest BCUT2D eigenvalue weighted by Gasteiger charge is 2.19. The number of ether oxygens (including phenoxy) is 1. The van der Waals surface area contributed by atoms with Gasteiger partial charge in [0.1, 0.15) is 11.8 Å². The number of hydrogen-bond acceptors (Lipinski definition) is 3. The first-order chi connectivity index (χ1) is 8.13. The predicted octanol–water partition coefficient (Wildman–Crippen LogP) is 2.03. The number of rotatable bonds is 5. The van der Waals surface area contributed by atoms with Crippen molar-refractivity contribution in [1.82, 2.24) is 5.32 Å². The van der Waals surface area contributed by atoms with Gasteiger partial charge in [-0.3, -0.25) is 0 Å². The Morgan fingerprint density at radius 3 is 2.53 bits per heavy atom. The molecule has 0 heterocycles. The molecule has 0 aliphatic carbocycles. The molecule has 0 fully saturated rings. The van der Waals surface area contributed by atoms with Crippen molar-refractivity contribution in [2.45, 2.75) is 25.8 Å². The smallest absolute Gasteiger partial charge is 0.413 e. The van der Waals surface area contributed by atoms with E-state index in [1.807, 2.05) is 6.92 Å². The molecule has 1 atom stereocenters. The van der Waals surface area contributed by atoms with E-state index < -0.39 is 18.1 Å². The third-order valence-electron chi connectivity index (χ3n) is 2.12. The van der Waals surface area contributed by atoms with Gasteiger partial charge in [0, 0.05) is 0 Å². The monoisotopic (exact) mass is 237 g/mol. The topological polar surface area (TPSA) is 75.6 Å². The van der Waals surface area contributed by atoms with Gasteiger partial charge in [-0.2, -0.15) is 0 Å². The molecule has 2 N–H and O–H groups in total. The van der Waals surface area contributed by atoms with Crippen molar-refractivity contribution >= 4 is 12.1 Å². The average Bonchev–Trinajstić information content (AvgIpc) is 2.29. The molecule has 0 bridgehead atoms. The van der Waals surface area contributed by atoms with Gasteiger partial charge < -0.3 is 15.2 Å². The van der Waals surface area contributed by atoms with Crippen molar-refractivity contribution < 1.29 is 19.4 Å². The van der Waals surface area contributed by atoms with Crippen LogP contribution in [0.3, 0.4) is 0 Å². The molecule has 1 aromatic carbocycles. The molecule has 0 aliphatic rings. The van der Waals surface area contributed by atoms with Gasteiger partial charge >= 0.3 is 12.1 Å². The molecule has 5 nitrogen and oxygen atoms in total. The van der Waals surface area contributed by atoms with Gasteiger partial charge in [-0.15, -0.1) is 0 Å². The number of nitrogens with one attached hydrogen (secondary N) is 1. The second kappa shape index (κ2) is 6.52. The molecule has 1 rings (SSSR count). The Balaban J connectivity index is 2.51.